The van der Waals surface area contributed by atoms with Gasteiger partial charge in [-0.15, -0.1) is 10.2 Å². The Kier molecular flexibility index (Phi) is 4.80. The maximum Gasteiger partial charge on any atom is 0.269 e. The molecule has 3 aromatic rings. The van der Waals surface area contributed by atoms with Gasteiger partial charge in [-0.05, 0) is 25.2 Å². The van der Waals surface area contributed by atoms with Crippen LogP contribution in [0.25, 0.3) is 11.5 Å². The summed E-state index contributed by atoms with van der Waals surface area (Å²) in [5.74, 6) is 0.405. The fraction of sp³-hybridized carbons (Fsp3) is 0.176. The van der Waals surface area contributed by atoms with Gasteiger partial charge in [0.25, 0.3) is 5.69 Å². The number of non-ortho nitro benzene ring substituents is 1. The molecule has 0 aliphatic heterocycles. The third-order valence-corrected chi connectivity index (χ3v) is 3.60. The van der Waals surface area contributed by atoms with Gasteiger partial charge in [0.2, 0.25) is 11.8 Å². The first-order chi connectivity index (χ1) is 12.0. The molecular weight excluding hydrogens is 327 g/mol. The van der Waals surface area contributed by atoms with Crippen LogP contribution in [0.4, 0.5) is 10.1 Å². The third kappa shape index (κ3) is 4.04. The predicted octanol–water partition coefficient (Wildman–Crippen LogP) is 3.42. The molecule has 0 aliphatic rings. The molecule has 2 aromatic carbocycles. The van der Waals surface area contributed by atoms with Crippen molar-refractivity contribution in [1.82, 2.24) is 15.1 Å². The zero-order chi connectivity index (χ0) is 17.8. The summed E-state index contributed by atoms with van der Waals surface area (Å²) < 4.78 is 19.3. The maximum absolute atomic E-state index is 13.7. The minimum Gasteiger partial charge on any atom is -0.419 e. The van der Waals surface area contributed by atoms with Crippen LogP contribution in [-0.4, -0.2) is 27.1 Å². The van der Waals surface area contributed by atoms with Crippen LogP contribution in [0.3, 0.4) is 0 Å². The molecule has 0 radical (unpaired) electrons. The van der Waals surface area contributed by atoms with Gasteiger partial charge in [-0.25, -0.2) is 4.39 Å². The van der Waals surface area contributed by atoms with Crippen molar-refractivity contribution < 1.29 is 13.7 Å². The van der Waals surface area contributed by atoms with E-state index in [1.165, 1.54) is 18.2 Å². The summed E-state index contributed by atoms with van der Waals surface area (Å²) in [5, 5.41) is 18.6. The Labute approximate surface area is 142 Å². The smallest absolute Gasteiger partial charge is 0.269 e. The zero-order valence-electron chi connectivity index (χ0n) is 13.4. The molecule has 0 amide bonds. The number of nitro groups is 1. The van der Waals surface area contributed by atoms with Crippen LogP contribution >= 0.6 is 0 Å². The topological polar surface area (TPSA) is 85.3 Å². The number of hydrogen-bond acceptors (Lipinski definition) is 6. The lowest BCUT2D eigenvalue weighted by atomic mass is 10.2. The predicted molar refractivity (Wildman–Crippen MR) is 88.0 cm³/mol. The second-order valence-corrected chi connectivity index (χ2v) is 5.57. The number of benzene rings is 2. The Morgan fingerprint density at radius 3 is 2.52 bits per heavy atom. The van der Waals surface area contributed by atoms with Gasteiger partial charge in [0.1, 0.15) is 5.82 Å². The van der Waals surface area contributed by atoms with Crippen molar-refractivity contribution in [2.45, 2.75) is 13.1 Å². The Bertz CT molecular complexity index is 880. The molecule has 8 heteroatoms. The van der Waals surface area contributed by atoms with Gasteiger partial charge in [0.15, 0.2) is 0 Å². The molecule has 1 aromatic heterocycles. The highest BCUT2D eigenvalue weighted by molar-refractivity contribution is 5.55. The van der Waals surface area contributed by atoms with E-state index in [-0.39, 0.29) is 17.4 Å². The third-order valence-electron chi connectivity index (χ3n) is 3.60. The van der Waals surface area contributed by atoms with Gasteiger partial charge in [-0.3, -0.25) is 15.0 Å². The maximum atomic E-state index is 13.7. The molecule has 0 fully saturated rings. The summed E-state index contributed by atoms with van der Waals surface area (Å²) in [5.41, 5.74) is 1.18. The highest BCUT2D eigenvalue weighted by Gasteiger charge is 2.13. The Balaban J connectivity index is 1.67. The lowest BCUT2D eigenvalue weighted by molar-refractivity contribution is -0.384. The fourth-order valence-electron chi connectivity index (χ4n) is 2.36. The van der Waals surface area contributed by atoms with Gasteiger partial charge in [0, 0.05) is 29.8 Å². The van der Waals surface area contributed by atoms with Crippen LogP contribution in [-0.2, 0) is 13.1 Å². The van der Waals surface area contributed by atoms with Crippen molar-refractivity contribution in [3.63, 3.8) is 0 Å². The number of aromatic nitrogens is 2. The molecule has 1 heterocycles. The molecular formula is C17H15FN4O3. The normalized spacial score (nSPS) is 11.0. The van der Waals surface area contributed by atoms with E-state index in [1.54, 1.807) is 30.3 Å². The van der Waals surface area contributed by atoms with Gasteiger partial charge >= 0.3 is 0 Å². The van der Waals surface area contributed by atoms with E-state index in [9.17, 15) is 14.5 Å². The standard InChI is InChI=1S/C17H15FN4O3/c1-21(10-13-4-2-3-5-15(13)18)11-16-19-20-17(25-16)12-6-8-14(9-7-12)22(23)24/h2-9H,10-11H2,1H3. The highest BCUT2D eigenvalue weighted by atomic mass is 19.1. The van der Waals surface area contributed by atoms with E-state index in [4.69, 9.17) is 4.42 Å². The Morgan fingerprint density at radius 1 is 1.12 bits per heavy atom. The molecule has 0 N–H and O–H groups in total. The molecule has 128 valence electrons. The van der Waals surface area contributed by atoms with Gasteiger partial charge in [-0.2, -0.15) is 0 Å². The fourth-order valence-corrected chi connectivity index (χ4v) is 2.36. The van der Waals surface area contributed by atoms with Crippen molar-refractivity contribution in [2.75, 3.05) is 7.05 Å². The molecule has 0 atom stereocenters. The second kappa shape index (κ2) is 7.18. The van der Waals surface area contributed by atoms with Crippen molar-refractivity contribution in [3.8, 4) is 11.5 Å². The average molecular weight is 342 g/mol. The highest BCUT2D eigenvalue weighted by Crippen LogP contribution is 2.21. The molecule has 0 saturated heterocycles. The first-order valence-electron chi connectivity index (χ1n) is 7.52. The largest absolute Gasteiger partial charge is 0.419 e. The van der Waals surface area contributed by atoms with Crippen molar-refractivity contribution >= 4 is 5.69 Å². The molecule has 0 spiro atoms. The van der Waals surface area contributed by atoms with E-state index in [0.717, 1.165) is 0 Å². The van der Waals surface area contributed by atoms with Gasteiger partial charge in [-0.1, -0.05) is 18.2 Å². The molecule has 25 heavy (non-hydrogen) atoms. The number of halogens is 1. The van der Waals surface area contributed by atoms with Crippen LogP contribution in [0.15, 0.2) is 52.9 Å². The minimum absolute atomic E-state index is 0.00638. The van der Waals surface area contributed by atoms with Crippen LogP contribution in [0, 0.1) is 15.9 Å². The zero-order valence-corrected chi connectivity index (χ0v) is 13.4. The Morgan fingerprint density at radius 2 is 1.84 bits per heavy atom. The SMILES string of the molecule is CN(Cc1nnc(-c2ccc([N+](=O)[O-])cc2)o1)Cc1ccccc1F. The summed E-state index contributed by atoms with van der Waals surface area (Å²) in [4.78, 5) is 12.1. The number of rotatable bonds is 6. The lowest BCUT2D eigenvalue weighted by Crippen LogP contribution is -2.18. The van der Waals surface area contributed by atoms with E-state index in [2.05, 4.69) is 10.2 Å². The lowest BCUT2D eigenvalue weighted by Gasteiger charge is -2.14. The molecule has 7 nitrogen and oxygen atoms in total. The van der Waals surface area contributed by atoms with E-state index < -0.39 is 4.92 Å². The molecule has 0 bridgehead atoms. The van der Waals surface area contributed by atoms with Crippen LogP contribution < -0.4 is 0 Å². The van der Waals surface area contributed by atoms with Crippen LogP contribution in [0.1, 0.15) is 11.5 Å². The number of nitro benzene ring substituents is 1. The van der Waals surface area contributed by atoms with Crippen LogP contribution in [0.2, 0.25) is 0 Å². The molecule has 0 unspecified atom stereocenters. The number of hydrogen-bond donors (Lipinski definition) is 0. The molecule has 0 saturated carbocycles. The quantitative estimate of drug-likeness (QED) is 0.504. The van der Waals surface area contributed by atoms with E-state index in [0.29, 0.717) is 30.1 Å². The van der Waals surface area contributed by atoms with Crippen molar-refractivity contribution in [2.24, 2.45) is 0 Å². The first kappa shape index (κ1) is 16.7. The minimum atomic E-state index is -0.472. The Hall–Kier alpha value is -3.13. The second-order valence-electron chi connectivity index (χ2n) is 5.57. The monoisotopic (exact) mass is 342 g/mol. The molecule has 3 rings (SSSR count). The summed E-state index contributed by atoms with van der Waals surface area (Å²) in [6, 6.07) is 12.4. The number of nitrogens with zero attached hydrogens (tertiary/aromatic N) is 4. The van der Waals surface area contributed by atoms with Crippen molar-refractivity contribution in [1.29, 1.82) is 0 Å². The van der Waals surface area contributed by atoms with E-state index in [1.807, 2.05) is 11.9 Å². The summed E-state index contributed by atoms with van der Waals surface area (Å²) >= 11 is 0. The average Bonchev–Trinajstić information content (AvgIpc) is 3.05. The van der Waals surface area contributed by atoms with E-state index >= 15 is 0 Å². The summed E-state index contributed by atoms with van der Waals surface area (Å²) in [6.45, 7) is 0.760. The molecule has 0 aliphatic carbocycles. The van der Waals surface area contributed by atoms with Gasteiger partial charge < -0.3 is 4.42 Å². The van der Waals surface area contributed by atoms with Gasteiger partial charge in [0.05, 0.1) is 11.5 Å². The summed E-state index contributed by atoms with van der Waals surface area (Å²) in [6.07, 6.45) is 0. The van der Waals surface area contributed by atoms with Crippen molar-refractivity contribution in [3.05, 3.63) is 75.9 Å². The first-order valence-corrected chi connectivity index (χ1v) is 7.52. The van der Waals surface area contributed by atoms with Crippen LogP contribution in [0.5, 0.6) is 0 Å². The summed E-state index contributed by atoms with van der Waals surface area (Å²) in [7, 11) is 1.82.